The summed E-state index contributed by atoms with van der Waals surface area (Å²) >= 11 is 0. The minimum atomic E-state index is -0.307. The lowest BCUT2D eigenvalue weighted by atomic mass is 9.88. The van der Waals surface area contributed by atoms with Crippen molar-refractivity contribution < 1.29 is 9.18 Å². The molecular weight excluding hydrogens is 395 g/mol. The van der Waals surface area contributed by atoms with Crippen LogP contribution in [0.1, 0.15) is 38.2 Å². The first-order valence-electron chi connectivity index (χ1n) is 10.7. The zero-order chi connectivity index (χ0) is 21.7. The number of halogens is 1. The van der Waals surface area contributed by atoms with Crippen LogP contribution in [0.15, 0.2) is 36.8 Å². The monoisotopic (exact) mass is 420 g/mol. The van der Waals surface area contributed by atoms with Crippen molar-refractivity contribution >= 4 is 17.4 Å². The van der Waals surface area contributed by atoms with Crippen molar-refractivity contribution in [3.63, 3.8) is 0 Å². The minimum Gasteiger partial charge on any atom is -0.340 e. The third-order valence-electron chi connectivity index (χ3n) is 6.31. The number of likely N-dealkylation sites (N-methyl/N-ethyl adjacent to an activating group) is 1. The molecule has 2 aliphatic rings. The van der Waals surface area contributed by atoms with Gasteiger partial charge in [-0.3, -0.25) is 9.36 Å². The molecule has 1 atom stereocenters. The van der Waals surface area contributed by atoms with E-state index in [1.807, 2.05) is 19.9 Å². The summed E-state index contributed by atoms with van der Waals surface area (Å²) < 4.78 is 15.8. The van der Waals surface area contributed by atoms with Crippen molar-refractivity contribution in [3.8, 4) is 17.3 Å². The number of aryl methyl sites for hydroxylation is 1. The molecule has 160 valence electrons. The summed E-state index contributed by atoms with van der Waals surface area (Å²) in [6, 6.07) is 4.93. The second-order valence-corrected chi connectivity index (χ2v) is 8.33. The number of anilines is 2. The predicted molar refractivity (Wildman–Crippen MR) is 117 cm³/mol. The van der Waals surface area contributed by atoms with Crippen LogP contribution in [0.25, 0.3) is 17.3 Å². The number of rotatable bonds is 4. The Balaban J connectivity index is 1.63. The molecule has 8 heteroatoms. The summed E-state index contributed by atoms with van der Waals surface area (Å²) in [6.07, 6.45) is 9.15. The van der Waals surface area contributed by atoms with Gasteiger partial charge in [-0.05, 0) is 56.4 Å². The molecule has 31 heavy (non-hydrogen) atoms. The largest absolute Gasteiger partial charge is 0.340 e. The number of carbonyl (C=O) groups excluding carboxylic acids is 1. The topological polar surface area (TPSA) is 67.2 Å². The van der Waals surface area contributed by atoms with Crippen LogP contribution in [0.5, 0.6) is 0 Å². The molecule has 1 aliphatic heterocycles. The molecule has 7 nitrogen and oxygen atoms in total. The van der Waals surface area contributed by atoms with Gasteiger partial charge in [0.15, 0.2) is 5.82 Å². The summed E-state index contributed by atoms with van der Waals surface area (Å²) in [5.41, 5.74) is 2.20. The quantitative estimate of drug-likeness (QED) is 0.641. The number of amides is 1. The number of nitrogens with zero attached hydrogens (tertiary/aromatic N) is 6. The average Bonchev–Trinajstić information content (AvgIpc) is 3.19. The van der Waals surface area contributed by atoms with Crippen LogP contribution in [0.3, 0.4) is 0 Å². The molecule has 3 aromatic rings. The van der Waals surface area contributed by atoms with Crippen LogP contribution >= 0.6 is 0 Å². The van der Waals surface area contributed by atoms with Crippen LogP contribution < -0.4 is 9.80 Å². The number of carbonyl (C=O) groups is 1. The van der Waals surface area contributed by atoms with Crippen LogP contribution in [-0.2, 0) is 4.79 Å². The van der Waals surface area contributed by atoms with E-state index in [9.17, 15) is 9.18 Å². The van der Waals surface area contributed by atoms with Gasteiger partial charge in [0, 0.05) is 31.0 Å². The van der Waals surface area contributed by atoms with Crippen molar-refractivity contribution in [1.82, 2.24) is 19.5 Å². The fourth-order valence-electron chi connectivity index (χ4n) is 4.52. The van der Waals surface area contributed by atoms with Crippen LogP contribution in [-0.4, -0.2) is 44.6 Å². The lowest BCUT2D eigenvalue weighted by molar-refractivity contribution is -0.120. The maximum atomic E-state index is 14.0. The Hall–Kier alpha value is -3.29. The molecular formula is C23H25FN6O. The molecule has 5 rings (SSSR count). The zero-order valence-corrected chi connectivity index (χ0v) is 17.9. The standard InChI is InChI=1S/C23H25FN6O/c1-4-18-22(31)28(3)19-13-26-23(27-21(19)30(18)17-6-5-7-17)29-9-8-25-20(29)15-10-14(2)11-16(24)12-15/h8-13,17-18H,4-7H2,1-3H3/t18-/m1/s1. The molecule has 0 radical (unpaired) electrons. The van der Waals surface area contributed by atoms with Crippen LogP contribution in [0, 0.1) is 12.7 Å². The molecule has 1 amide bonds. The number of hydrogen-bond acceptors (Lipinski definition) is 5. The highest BCUT2D eigenvalue weighted by Crippen LogP contribution is 2.40. The van der Waals surface area contributed by atoms with E-state index >= 15 is 0 Å². The van der Waals surface area contributed by atoms with Gasteiger partial charge in [0.05, 0.1) is 6.20 Å². The van der Waals surface area contributed by atoms with Crippen molar-refractivity contribution in [2.45, 2.75) is 51.6 Å². The first-order valence-corrected chi connectivity index (χ1v) is 10.7. The fraction of sp³-hybridized carbons (Fsp3) is 0.391. The first kappa shape index (κ1) is 19.7. The number of benzene rings is 1. The second-order valence-electron chi connectivity index (χ2n) is 8.33. The van der Waals surface area contributed by atoms with E-state index in [4.69, 9.17) is 4.98 Å². The first-order chi connectivity index (χ1) is 15.0. The van der Waals surface area contributed by atoms with E-state index in [1.54, 1.807) is 35.1 Å². The Morgan fingerprint density at radius 3 is 2.68 bits per heavy atom. The molecule has 2 aromatic heterocycles. The number of hydrogen-bond donors (Lipinski definition) is 0. The fourth-order valence-corrected chi connectivity index (χ4v) is 4.52. The van der Waals surface area contributed by atoms with Crippen molar-refractivity contribution in [3.05, 3.63) is 48.2 Å². The Morgan fingerprint density at radius 1 is 1.19 bits per heavy atom. The van der Waals surface area contributed by atoms with Crippen molar-refractivity contribution in [1.29, 1.82) is 0 Å². The molecule has 1 aliphatic carbocycles. The summed E-state index contributed by atoms with van der Waals surface area (Å²) in [4.78, 5) is 30.7. The molecule has 0 spiro atoms. The summed E-state index contributed by atoms with van der Waals surface area (Å²) in [5, 5.41) is 0. The SMILES string of the molecule is CC[C@@H]1C(=O)N(C)c2cnc(-n3ccnc3-c3cc(C)cc(F)c3)nc2N1C1CCC1. The van der Waals surface area contributed by atoms with Gasteiger partial charge < -0.3 is 9.80 Å². The minimum absolute atomic E-state index is 0.0804. The third kappa shape index (κ3) is 3.17. The van der Waals surface area contributed by atoms with Gasteiger partial charge in [-0.25, -0.2) is 14.4 Å². The zero-order valence-electron chi connectivity index (χ0n) is 17.9. The molecule has 0 unspecified atom stereocenters. The van der Waals surface area contributed by atoms with Gasteiger partial charge >= 0.3 is 0 Å². The predicted octanol–water partition coefficient (Wildman–Crippen LogP) is 3.89. The smallest absolute Gasteiger partial charge is 0.249 e. The Labute approximate surface area is 180 Å². The van der Waals surface area contributed by atoms with Crippen LogP contribution in [0.4, 0.5) is 15.9 Å². The average molecular weight is 420 g/mol. The van der Waals surface area contributed by atoms with Crippen molar-refractivity contribution in [2.75, 3.05) is 16.8 Å². The van der Waals surface area contributed by atoms with E-state index in [-0.39, 0.29) is 17.8 Å². The number of imidazole rings is 1. The second kappa shape index (κ2) is 7.44. The van der Waals surface area contributed by atoms with Gasteiger partial charge in [-0.15, -0.1) is 0 Å². The summed E-state index contributed by atoms with van der Waals surface area (Å²) in [5.74, 6) is 1.58. The molecule has 0 bridgehead atoms. The number of aromatic nitrogens is 4. The van der Waals surface area contributed by atoms with Gasteiger partial charge in [-0.1, -0.05) is 6.92 Å². The molecule has 0 N–H and O–H groups in total. The maximum absolute atomic E-state index is 14.0. The highest BCUT2D eigenvalue weighted by molar-refractivity contribution is 6.04. The van der Waals surface area contributed by atoms with Gasteiger partial charge in [0.2, 0.25) is 11.9 Å². The van der Waals surface area contributed by atoms with Gasteiger partial charge in [0.25, 0.3) is 0 Å². The molecule has 1 aromatic carbocycles. The Morgan fingerprint density at radius 2 is 2.00 bits per heavy atom. The molecule has 1 fully saturated rings. The Bertz CT molecular complexity index is 1130. The van der Waals surface area contributed by atoms with Crippen molar-refractivity contribution in [2.24, 2.45) is 0 Å². The van der Waals surface area contributed by atoms with Crippen LogP contribution in [0.2, 0.25) is 0 Å². The maximum Gasteiger partial charge on any atom is 0.249 e. The highest BCUT2D eigenvalue weighted by atomic mass is 19.1. The molecule has 3 heterocycles. The van der Waals surface area contributed by atoms with E-state index < -0.39 is 0 Å². The normalized spacial score (nSPS) is 18.8. The molecule has 0 saturated heterocycles. The van der Waals surface area contributed by atoms with E-state index in [2.05, 4.69) is 14.9 Å². The summed E-state index contributed by atoms with van der Waals surface area (Å²) in [7, 11) is 1.78. The van der Waals surface area contributed by atoms with Gasteiger partial charge in [0.1, 0.15) is 23.4 Å². The third-order valence-corrected chi connectivity index (χ3v) is 6.31. The van der Waals surface area contributed by atoms with E-state index in [0.29, 0.717) is 29.1 Å². The lowest BCUT2D eigenvalue weighted by Crippen LogP contribution is -2.57. The lowest BCUT2D eigenvalue weighted by Gasteiger charge is -2.47. The van der Waals surface area contributed by atoms with E-state index in [0.717, 1.165) is 30.6 Å². The molecule has 1 saturated carbocycles. The summed E-state index contributed by atoms with van der Waals surface area (Å²) in [6.45, 7) is 3.89. The highest BCUT2D eigenvalue weighted by Gasteiger charge is 2.42. The number of fused-ring (bicyclic) bond motifs is 1. The Kier molecular flexibility index (Phi) is 4.72. The van der Waals surface area contributed by atoms with E-state index in [1.165, 1.54) is 18.6 Å². The van der Waals surface area contributed by atoms with Gasteiger partial charge in [-0.2, -0.15) is 4.98 Å².